The molecular weight excluding hydrogens is 345 g/mol. The van der Waals surface area contributed by atoms with E-state index in [1.165, 1.54) is 12.4 Å². The number of hydrogen-bond donors (Lipinski definition) is 1. The average molecular weight is 367 g/mol. The Hall–Kier alpha value is -3.22. The van der Waals surface area contributed by atoms with Crippen molar-refractivity contribution in [1.29, 1.82) is 0 Å². The number of benzene rings is 2. The average Bonchev–Trinajstić information content (AvgIpc) is 3.22. The Morgan fingerprint density at radius 3 is 2.63 bits per heavy atom. The molecule has 0 aliphatic rings. The molecule has 1 aromatic heterocycles. The third-order valence-corrected chi connectivity index (χ3v) is 4.63. The van der Waals surface area contributed by atoms with Gasteiger partial charge in [-0.1, -0.05) is 24.3 Å². The van der Waals surface area contributed by atoms with Crippen LogP contribution in [0.2, 0.25) is 0 Å². The van der Waals surface area contributed by atoms with E-state index < -0.39 is 0 Å². The summed E-state index contributed by atoms with van der Waals surface area (Å²) in [6, 6.07) is 12.3. The van der Waals surface area contributed by atoms with E-state index in [1.54, 1.807) is 42.0 Å². The van der Waals surface area contributed by atoms with E-state index in [0.717, 1.165) is 16.8 Å². The van der Waals surface area contributed by atoms with Crippen LogP contribution in [0, 0.1) is 12.7 Å². The van der Waals surface area contributed by atoms with Gasteiger partial charge in [-0.15, -0.1) is 0 Å². The number of amides is 2. The number of hydrogen-bond acceptors (Lipinski definition) is 3. The zero-order valence-electron chi connectivity index (χ0n) is 15.6. The first kappa shape index (κ1) is 18.6. The topological polar surface area (TPSA) is 63.1 Å². The number of urea groups is 1. The molecule has 3 aromatic rings. The van der Waals surface area contributed by atoms with Crippen molar-refractivity contribution in [3.05, 3.63) is 77.6 Å². The molecular formula is C20H22FN5O. The molecule has 0 saturated heterocycles. The number of nitrogens with zero attached hydrogens (tertiary/aromatic N) is 4. The lowest BCUT2D eigenvalue weighted by molar-refractivity contribution is 0.194. The predicted molar refractivity (Wildman–Crippen MR) is 101 cm³/mol. The monoisotopic (exact) mass is 367 g/mol. The van der Waals surface area contributed by atoms with Crippen LogP contribution in [-0.2, 0) is 6.54 Å². The highest BCUT2D eigenvalue weighted by Gasteiger charge is 2.17. The normalized spacial score (nSPS) is 11.9. The fraction of sp³-hybridized carbons (Fsp3) is 0.250. The molecule has 0 radical (unpaired) electrons. The maximum Gasteiger partial charge on any atom is 0.317 e. The number of aromatic nitrogens is 3. The van der Waals surface area contributed by atoms with Gasteiger partial charge >= 0.3 is 6.03 Å². The van der Waals surface area contributed by atoms with Crippen LogP contribution in [0.5, 0.6) is 0 Å². The molecule has 1 atom stereocenters. The standard InChI is InChI=1S/C20H22FN5O/c1-14-10-16(4-9-19(14)21)11-23-20(27)25(3)15(2)17-5-7-18(8-6-17)26-13-22-12-24-26/h4-10,12-13,15H,11H2,1-3H3,(H,23,27). The number of halogens is 1. The van der Waals surface area contributed by atoms with Crippen molar-refractivity contribution < 1.29 is 9.18 Å². The molecule has 6 nitrogen and oxygen atoms in total. The van der Waals surface area contributed by atoms with Gasteiger partial charge in [-0.3, -0.25) is 0 Å². The van der Waals surface area contributed by atoms with Gasteiger partial charge in [0.05, 0.1) is 11.7 Å². The summed E-state index contributed by atoms with van der Waals surface area (Å²) in [6.07, 6.45) is 3.12. The maximum absolute atomic E-state index is 13.3. The molecule has 2 amide bonds. The van der Waals surface area contributed by atoms with Crippen LogP contribution in [-0.4, -0.2) is 32.7 Å². The summed E-state index contributed by atoms with van der Waals surface area (Å²) in [5.74, 6) is -0.245. The van der Waals surface area contributed by atoms with E-state index in [-0.39, 0.29) is 17.9 Å². The Kier molecular flexibility index (Phi) is 5.49. The molecule has 1 heterocycles. The molecule has 0 aliphatic heterocycles. The summed E-state index contributed by atoms with van der Waals surface area (Å²) < 4.78 is 15.0. The second-order valence-corrected chi connectivity index (χ2v) is 6.46. The van der Waals surface area contributed by atoms with Crippen molar-refractivity contribution >= 4 is 6.03 Å². The first-order valence-corrected chi connectivity index (χ1v) is 8.66. The van der Waals surface area contributed by atoms with E-state index in [1.807, 2.05) is 31.2 Å². The van der Waals surface area contributed by atoms with Gasteiger partial charge in [0.1, 0.15) is 18.5 Å². The minimum atomic E-state index is -0.245. The highest BCUT2D eigenvalue weighted by molar-refractivity contribution is 5.74. The number of nitrogens with one attached hydrogen (secondary N) is 1. The molecule has 2 aromatic carbocycles. The number of rotatable bonds is 5. The third kappa shape index (κ3) is 4.31. The van der Waals surface area contributed by atoms with Crippen molar-refractivity contribution in [2.75, 3.05) is 7.05 Å². The summed E-state index contributed by atoms with van der Waals surface area (Å²) in [5, 5.41) is 6.97. The highest BCUT2D eigenvalue weighted by Crippen LogP contribution is 2.20. The fourth-order valence-corrected chi connectivity index (χ4v) is 2.77. The minimum absolute atomic E-state index is 0.107. The lowest BCUT2D eigenvalue weighted by atomic mass is 10.1. The van der Waals surface area contributed by atoms with Gasteiger partial charge in [0, 0.05) is 13.6 Å². The Morgan fingerprint density at radius 1 is 1.26 bits per heavy atom. The van der Waals surface area contributed by atoms with Gasteiger partial charge < -0.3 is 10.2 Å². The SMILES string of the molecule is Cc1cc(CNC(=O)N(C)C(C)c2ccc(-n3cncn3)cc2)ccc1F. The van der Waals surface area contributed by atoms with E-state index in [4.69, 9.17) is 0 Å². The van der Waals surface area contributed by atoms with Crippen LogP contribution in [0.1, 0.15) is 29.7 Å². The first-order valence-electron chi connectivity index (χ1n) is 8.66. The predicted octanol–water partition coefficient (Wildman–Crippen LogP) is 3.62. The van der Waals surface area contributed by atoms with Crippen LogP contribution in [0.25, 0.3) is 5.69 Å². The van der Waals surface area contributed by atoms with E-state index in [2.05, 4.69) is 15.4 Å². The number of aryl methyl sites for hydroxylation is 1. The maximum atomic E-state index is 13.3. The molecule has 0 fully saturated rings. The fourth-order valence-electron chi connectivity index (χ4n) is 2.77. The molecule has 1 unspecified atom stereocenters. The smallest absolute Gasteiger partial charge is 0.317 e. The Morgan fingerprint density at radius 2 is 2.00 bits per heavy atom. The van der Waals surface area contributed by atoms with Crippen molar-refractivity contribution in [2.45, 2.75) is 26.4 Å². The molecule has 0 aliphatic carbocycles. The zero-order valence-corrected chi connectivity index (χ0v) is 15.6. The van der Waals surface area contributed by atoms with E-state index in [0.29, 0.717) is 12.1 Å². The highest BCUT2D eigenvalue weighted by atomic mass is 19.1. The Bertz CT molecular complexity index is 909. The van der Waals surface area contributed by atoms with Crippen LogP contribution in [0.3, 0.4) is 0 Å². The van der Waals surface area contributed by atoms with Crippen molar-refractivity contribution in [2.24, 2.45) is 0 Å². The Balaban J connectivity index is 1.61. The van der Waals surface area contributed by atoms with Crippen molar-refractivity contribution in [3.8, 4) is 5.69 Å². The quantitative estimate of drug-likeness (QED) is 0.749. The van der Waals surface area contributed by atoms with Gasteiger partial charge in [-0.2, -0.15) is 5.10 Å². The second kappa shape index (κ2) is 7.99. The molecule has 27 heavy (non-hydrogen) atoms. The lowest BCUT2D eigenvalue weighted by Gasteiger charge is -2.26. The Labute approximate surface area is 157 Å². The van der Waals surface area contributed by atoms with Gasteiger partial charge in [-0.25, -0.2) is 18.9 Å². The number of carbonyl (C=O) groups excluding carboxylic acids is 1. The summed E-state index contributed by atoms with van der Waals surface area (Å²) >= 11 is 0. The second-order valence-electron chi connectivity index (χ2n) is 6.46. The van der Waals surface area contributed by atoms with Gasteiger partial charge in [0.2, 0.25) is 0 Å². The third-order valence-electron chi connectivity index (χ3n) is 4.63. The summed E-state index contributed by atoms with van der Waals surface area (Å²) in [5.41, 5.74) is 3.34. The zero-order chi connectivity index (χ0) is 19.4. The van der Waals surface area contributed by atoms with Gasteiger partial charge in [0.25, 0.3) is 0 Å². The molecule has 0 bridgehead atoms. The largest absolute Gasteiger partial charge is 0.334 e. The summed E-state index contributed by atoms with van der Waals surface area (Å²) in [6.45, 7) is 4.02. The molecule has 0 saturated carbocycles. The number of carbonyl (C=O) groups is 1. The molecule has 140 valence electrons. The van der Waals surface area contributed by atoms with E-state index >= 15 is 0 Å². The molecule has 3 rings (SSSR count). The van der Waals surface area contributed by atoms with Gasteiger partial charge in [-0.05, 0) is 48.7 Å². The first-order chi connectivity index (χ1) is 13.0. The van der Waals surface area contributed by atoms with Crippen LogP contribution >= 0.6 is 0 Å². The van der Waals surface area contributed by atoms with Crippen LogP contribution in [0.4, 0.5) is 9.18 Å². The van der Waals surface area contributed by atoms with Gasteiger partial charge in [0.15, 0.2) is 0 Å². The van der Waals surface area contributed by atoms with Crippen molar-refractivity contribution in [1.82, 2.24) is 25.0 Å². The molecule has 7 heteroatoms. The summed E-state index contributed by atoms with van der Waals surface area (Å²) in [4.78, 5) is 18.0. The summed E-state index contributed by atoms with van der Waals surface area (Å²) in [7, 11) is 1.75. The molecule has 1 N–H and O–H groups in total. The van der Waals surface area contributed by atoms with Crippen LogP contribution in [0.15, 0.2) is 55.1 Å². The lowest BCUT2D eigenvalue weighted by Crippen LogP contribution is -2.38. The van der Waals surface area contributed by atoms with Crippen LogP contribution < -0.4 is 5.32 Å². The van der Waals surface area contributed by atoms with E-state index in [9.17, 15) is 9.18 Å². The minimum Gasteiger partial charge on any atom is -0.334 e. The molecule has 0 spiro atoms. The van der Waals surface area contributed by atoms with Crippen molar-refractivity contribution in [3.63, 3.8) is 0 Å².